The van der Waals surface area contributed by atoms with E-state index in [1.54, 1.807) is 30.6 Å². The molecular weight excluding hydrogens is 316 g/mol. The number of aryl methyl sites for hydroxylation is 2. The van der Waals surface area contributed by atoms with Crippen LogP contribution < -0.4 is 4.74 Å². The fourth-order valence-electron chi connectivity index (χ4n) is 2.72. The molecule has 0 bridgehead atoms. The largest absolute Gasteiger partial charge is 0.491 e. The van der Waals surface area contributed by atoms with Crippen LogP contribution in [0.2, 0.25) is 0 Å². The van der Waals surface area contributed by atoms with E-state index in [0.717, 1.165) is 11.0 Å². The molecule has 0 saturated carbocycles. The molecule has 1 aromatic heterocycles. The van der Waals surface area contributed by atoms with Crippen molar-refractivity contribution in [1.82, 2.24) is 9.55 Å². The molecule has 5 heteroatoms. The van der Waals surface area contributed by atoms with Crippen molar-refractivity contribution < 1.29 is 14.6 Å². The number of rotatable bonds is 6. The molecule has 2 aromatic carbocycles. The zero-order valence-electron chi connectivity index (χ0n) is 14.7. The zero-order chi connectivity index (χ0) is 18.0. The van der Waals surface area contributed by atoms with Crippen LogP contribution in [0.5, 0.6) is 5.75 Å². The summed E-state index contributed by atoms with van der Waals surface area (Å²) in [5.41, 5.74) is 4.98. The number of aromatic nitrogens is 2. The van der Waals surface area contributed by atoms with Gasteiger partial charge in [0.05, 0.1) is 23.9 Å². The number of benzene rings is 2. The summed E-state index contributed by atoms with van der Waals surface area (Å²) < 4.78 is 7.55. The van der Waals surface area contributed by atoms with Crippen LogP contribution in [0.25, 0.3) is 11.0 Å². The molecule has 5 nitrogen and oxygen atoms in total. The van der Waals surface area contributed by atoms with Crippen molar-refractivity contribution in [1.29, 1.82) is 0 Å². The van der Waals surface area contributed by atoms with Crippen molar-refractivity contribution in [3.05, 3.63) is 59.4 Å². The molecule has 1 N–H and O–H groups in total. The second kappa shape index (κ2) is 7.07. The molecule has 0 amide bonds. The first-order chi connectivity index (χ1) is 11.9. The van der Waals surface area contributed by atoms with Crippen LogP contribution in [0.4, 0.5) is 0 Å². The highest BCUT2D eigenvalue weighted by atomic mass is 16.5. The van der Waals surface area contributed by atoms with Gasteiger partial charge in [-0.2, -0.15) is 0 Å². The quantitative estimate of drug-likeness (QED) is 0.701. The predicted octanol–water partition coefficient (Wildman–Crippen LogP) is 3.30. The molecule has 3 aromatic rings. The molecule has 130 valence electrons. The van der Waals surface area contributed by atoms with Crippen LogP contribution in [-0.4, -0.2) is 33.2 Å². The first kappa shape index (κ1) is 17.2. The Morgan fingerprint density at radius 1 is 1.20 bits per heavy atom. The lowest BCUT2D eigenvalue weighted by Gasteiger charge is -2.14. The number of ether oxygens (including phenoxy) is 1. The van der Waals surface area contributed by atoms with Crippen molar-refractivity contribution in [2.75, 3.05) is 6.61 Å². The van der Waals surface area contributed by atoms with Gasteiger partial charge in [0.1, 0.15) is 18.5 Å². The van der Waals surface area contributed by atoms with Gasteiger partial charge in [0.25, 0.3) is 0 Å². The predicted molar refractivity (Wildman–Crippen MR) is 97.2 cm³/mol. The average Bonchev–Trinajstić information content (AvgIpc) is 2.95. The van der Waals surface area contributed by atoms with E-state index in [4.69, 9.17) is 4.74 Å². The summed E-state index contributed by atoms with van der Waals surface area (Å²) in [5.74, 6) is 0.648. The number of hydrogen-bond acceptors (Lipinski definition) is 4. The lowest BCUT2D eigenvalue weighted by molar-refractivity contribution is 0.0933. The van der Waals surface area contributed by atoms with E-state index in [0.29, 0.717) is 17.9 Å². The second-order valence-electron chi connectivity index (χ2n) is 6.37. The second-order valence-corrected chi connectivity index (χ2v) is 6.37. The Morgan fingerprint density at radius 2 is 1.88 bits per heavy atom. The number of carbonyl (C=O) groups is 1. The monoisotopic (exact) mass is 338 g/mol. The molecule has 1 atom stereocenters. The lowest BCUT2D eigenvalue weighted by Crippen LogP contribution is -2.23. The molecule has 0 radical (unpaired) electrons. The third kappa shape index (κ3) is 3.88. The Bertz CT molecular complexity index is 897. The Hall–Kier alpha value is -2.66. The van der Waals surface area contributed by atoms with Crippen molar-refractivity contribution in [3.63, 3.8) is 0 Å². The highest BCUT2D eigenvalue weighted by molar-refractivity contribution is 5.94. The van der Waals surface area contributed by atoms with Gasteiger partial charge in [0, 0.05) is 5.56 Å². The Labute approximate surface area is 146 Å². The Morgan fingerprint density at radius 3 is 2.56 bits per heavy atom. The smallest absolute Gasteiger partial charge is 0.159 e. The minimum Gasteiger partial charge on any atom is -0.491 e. The molecule has 1 heterocycles. The van der Waals surface area contributed by atoms with Gasteiger partial charge < -0.3 is 14.4 Å². The maximum Gasteiger partial charge on any atom is 0.159 e. The summed E-state index contributed by atoms with van der Waals surface area (Å²) in [6.45, 7) is 6.23. The molecule has 0 aliphatic carbocycles. The van der Waals surface area contributed by atoms with E-state index in [-0.39, 0.29) is 12.4 Å². The summed E-state index contributed by atoms with van der Waals surface area (Å²) in [6.07, 6.45) is 1.08. The fourth-order valence-corrected chi connectivity index (χ4v) is 2.72. The Balaban J connectivity index is 1.63. The van der Waals surface area contributed by atoms with Crippen LogP contribution in [0, 0.1) is 13.8 Å². The molecular formula is C20H22N2O3. The SMILES string of the molecule is CC(=O)c1ccc(OCC(O)Cn2cnc3cc(C)c(C)cc32)cc1. The highest BCUT2D eigenvalue weighted by Gasteiger charge is 2.11. The number of hydrogen-bond donors (Lipinski definition) is 1. The van der Waals surface area contributed by atoms with Gasteiger partial charge >= 0.3 is 0 Å². The third-order valence-electron chi connectivity index (χ3n) is 4.35. The normalized spacial score (nSPS) is 12.3. The van der Waals surface area contributed by atoms with E-state index in [1.807, 2.05) is 4.57 Å². The number of imidazole rings is 1. The fraction of sp³-hybridized carbons (Fsp3) is 0.300. The van der Waals surface area contributed by atoms with Crippen molar-refractivity contribution in [2.45, 2.75) is 33.4 Å². The van der Waals surface area contributed by atoms with Gasteiger partial charge in [0.2, 0.25) is 0 Å². The number of aliphatic hydroxyl groups excluding tert-OH is 1. The van der Waals surface area contributed by atoms with Gasteiger partial charge in [-0.05, 0) is 68.3 Å². The zero-order valence-corrected chi connectivity index (χ0v) is 14.7. The molecule has 0 aliphatic heterocycles. The summed E-state index contributed by atoms with van der Waals surface area (Å²) in [5, 5.41) is 10.3. The average molecular weight is 338 g/mol. The van der Waals surface area contributed by atoms with Gasteiger partial charge in [-0.3, -0.25) is 4.79 Å². The molecule has 0 aliphatic rings. The van der Waals surface area contributed by atoms with Crippen LogP contribution in [0.15, 0.2) is 42.7 Å². The van der Waals surface area contributed by atoms with Gasteiger partial charge in [-0.1, -0.05) is 0 Å². The summed E-state index contributed by atoms with van der Waals surface area (Å²) in [4.78, 5) is 15.7. The van der Waals surface area contributed by atoms with E-state index in [9.17, 15) is 9.90 Å². The van der Waals surface area contributed by atoms with E-state index in [2.05, 4.69) is 31.0 Å². The van der Waals surface area contributed by atoms with Crippen molar-refractivity contribution in [3.8, 4) is 5.75 Å². The van der Waals surface area contributed by atoms with Gasteiger partial charge in [-0.25, -0.2) is 4.98 Å². The molecule has 3 rings (SSSR count). The van der Waals surface area contributed by atoms with Gasteiger partial charge in [0.15, 0.2) is 5.78 Å². The lowest BCUT2D eigenvalue weighted by atomic mass is 10.1. The number of fused-ring (bicyclic) bond motifs is 1. The van der Waals surface area contributed by atoms with Gasteiger partial charge in [-0.15, -0.1) is 0 Å². The standard InChI is InChI=1S/C20H22N2O3/c1-13-8-19-20(9-14(13)2)22(12-21-19)10-17(24)11-25-18-6-4-16(5-7-18)15(3)23/h4-9,12,17,24H,10-11H2,1-3H3. The van der Waals surface area contributed by atoms with Crippen molar-refractivity contribution >= 4 is 16.8 Å². The Kier molecular flexibility index (Phi) is 4.86. The topological polar surface area (TPSA) is 64.3 Å². The summed E-state index contributed by atoms with van der Waals surface area (Å²) >= 11 is 0. The number of Topliss-reactive ketones (excluding diaryl/α,β-unsaturated/α-hetero) is 1. The van der Waals surface area contributed by atoms with E-state index >= 15 is 0 Å². The maximum atomic E-state index is 11.3. The number of aliphatic hydroxyl groups is 1. The first-order valence-corrected chi connectivity index (χ1v) is 8.28. The van der Waals surface area contributed by atoms with Crippen LogP contribution in [0.1, 0.15) is 28.4 Å². The number of carbonyl (C=O) groups excluding carboxylic acids is 1. The molecule has 1 unspecified atom stereocenters. The van der Waals surface area contributed by atoms with Crippen LogP contribution in [-0.2, 0) is 6.54 Å². The third-order valence-corrected chi connectivity index (χ3v) is 4.35. The summed E-state index contributed by atoms with van der Waals surface area (Å²) in [6, 6.07) is 11.1. The number of ketones is 1. The van der Waals surface area contributed by atoms with E-state index in [1.165, 1.54) is 18.1 Å². The molecule has 0 saturated heterocycles. The van der Waals surface area contributed by atoms with Crippen molar-refractivity contribution in [2.24, 2.45) is 0 Å². The minimum atomic E-state index is -0.661. The number of nitrogens with zero attached hydrogens (tertiary/aromatic N) is 2. The maximum absolute atomic E-state index is 11.3. The van der Waals surface area contributed by atoms with Crippen LogP contribution >= 0.6 is 0 Å². The molecule has 0 fully saturated rings. The molecule has 25 heavy (non-hydrogen) atoms. The summed E-state index contributed by atoms with van der Waals surface area (Å²) in [7, 11) is 0. The highest BCUT2D eigenvalue weighted by Crippen LogP contribution is 2.19. The molecule has 0 spiro atoms. The minimum absolute atomic E-state index is 0.0177. The van der Waals surface area contributed by atoms with E-state index < -0.39 is 6.10 Å². The van der Waals surface area contributed by atoms with Crippen LogP contribution in [0.3, 0.4) is 0 Å². The first-order valence-electron chi connectivity index (χ1n) is 8.28.